The summed E-state index contributed by atoms with van der Waals surface area (Å²) < 4.78 is 4.97. The third-order valence-corrected chi connectivity index (χ3v) is 4.67. The largest absolute Gasteiger partial charge is 0.451 e. The molecule has 0 bridgehead atoms. The summed E-state index contributed by atoms with van der Waals surface area (Å²) in [5.41, 5.74) is 1.21. The van der Waals surface area contributed by atoms with Gasteiger partial charge in [0.25, 0.3) is 5.91 Å². The molecule has 6 nitrogen and oxygen atoms in total. The van der Waals surface area contributed by atoms with Crippen LogP contribution in [0.5, 0.6) is 0 Å². The number of ether oxygens (including phenoxy) is 1. The molecule has 23 heavy (non-hydrogen) atoms. The molecule has 2 N–H and O–H groups in total. The Morgan fingerprint density at radius 2 is 2.00 bits per heavy atom. The van der Waals surface area contributed by atoms with Crippen molar-refractivity contribution in [3.05, 3.63) is 21.4 Å². The predicted octanol–water partition coefficient (Wildman–Crippen LogP) is 2.27. The number of fused-ring (bicyclic) bond motifs is 1. The van der Waals surface area contributed by atoms with Gasteiger partial charge in [0.1, 0.15) is 4.88 Å². The molecule has 0 spiro atoms. The standard InChI is InChI=1S/C16H22N2O4S/c1-10(2)8-17-16(21)18-14(19)9-22-15(20)13-7-11-5-3-4-6-12(11)23-13/h7,10H,3-6,8-9H2,1-2H3,(H2,17,18,19,21). The molecule has 0 atom stereocenters. The number of nitrogens with one attached hydrogen (secondary N) is 2. The Morgan fingerprint density at radius 1 is 1.26 bits per heavy atom. The Hall–Kier alpha value is -1.89. The molecule has 1 aliphatic carbocycles. The van der Waals surface area contributed by atoms with Gasteiger partial charge in [0.05, 0.1) is 0 Å². The van der Waals surface area contributed by atoms with Crippen LogP contribution in [0.15, 0.2) is 6.07 Å². The zero-order valence-electron chi connectivity index (χ0n) is 13.4. The second kappa shape index (κ2) is 8.10. The Kier molecular flexibility index (Phi) is 6.15. The van der Waals surface area contributed by atoms with Crippen LogP contribution in [0.3, 0.4) is 0 Å². The minimum Gasteiger partial charge on any atom is -0.451 e. The van der Waals surface area contributed by atoms with Gasteiger partial charge in [0.15, 0.2) is 6.61 Å². The van der Waals surface area contributed by atoms with Gasteiger partial charge in [-0.05, 0) is 43.2 Å². The smallest absolute Gasteiger partial charge is 0.348 e. The van der Waals surface area contributed by atoms with E-state index >= 15 is 0 Å². The summed E-state index contributed by atoms with van der Waals surface area (Å²) in [4.78, 5) is 36.7. The lowest BCUT2D eigenvalue weighted by Crippen LogP contribution is -2.42. The zero-order chi connectivity index (χ0) is 16.8. The van der Waals surface area contributed by atoms with Gasteiger partial charge >= 0.3 is 12.0 Å². The van der Waals surface area contributed by atoms with E-state index in [-0.39, 0.29) is 0 Å². The Morgan fingerprint density at radius 3 is 2.70 bits per heavy atom. The summed E-state index contributed by atoms with van der Waals surface area (Å²) in [5.74, 6) is -0.860. The van der Waals surface area contributed by atoms with Crippen molar-refractivity contribution in [2.45, 2.75) is 39.5 Å². The van der Waals surface area contributed by atoms with E-state index in [4.69, 9.17) is 4.74 Å². The van der Waals surface area contributed by atoms with E-state index in [0.29, 0.717) is 17.3 Å². The second-order valence-electron chi connectivity index (χ2n) is 5.99. The molecule has 7 heteroatoms. The summed E-state index contributed by atoms with van der Waals surface area (Å²) in [6.45, 7) is 3.91. The first-order valence-electron chi connectivity index (χ1n) is 7.82. The van der Waals surface area contributed by atoms with Gasteiger partial charge in [-0.1, -0.05) is 13.8 Å². The number of carbonyl (C=O) groups excluding carboxylic acids is 3. The molecule has 3 amide bonds. The fourth-order valence-electron chi connectivity index (χ4n) is 2.30. The van der Waals surface area contributed by atoms with Crippen LogP contribution in [0.4, 0.5) is 4.79 Å². The van der Waals surface area contributed by atoms with Gasteiger partial charge in [-0.15, -0.1) is 11.3 Å². The molecule has 1 heterocycles. The molecule has 0 unspecified atom stereocenters. The molecule has 1 aromatic rings. The van der Waals surface area contributed by atoms with E-state index < -0.39 is 24.5 Å². The first-order valence-corrected chi connectivity index (χ1v) is 8.63. The summed E-state index contributed by atoms with van der Waals surface area (Å²) in [5, 5.41) is 4.68. The predicted molar refractivity (Wildman–Crippen MR) is 87.6 cm³/mol. The van der Waals surface area contributed by atoms with Gasteiger partial charge in [-0.3, -0.25) is 10.1 Å². The van der Waals surface area contributed by atoms with E-state index in [2.05, 4.69) is 10.6 Å². The summed E-state index contributed by atoms with van der Waals surface area (Å²) >= 11 is 1.43. The molecule has 2 rings (SSSR count). The maximum atomic E-state index is 12.0. The number of thiophene rings is 1. The third-order valence-electron chi connectivity index (χ3n) is 3.46. The number of rotatable bonds is 5. The molecule has 1 aromatic heterocycles. The maximum Gasteiger partial charge on any atom is 0.348 e. The normalized spacial score (nSPS) is 13.3. The van der Waals surface area contributed by atoms with Crippen molar-refractivity contribution in [3.8, 4) is 0 Å². The number of hydrogen-bond donors (Lipinski definition) is 2. The van der Waals surface area contributed by atoms with Gasteiger partial charge in [-0.25, -0.2) is 9.59 Å². The zero-order valence-corrected chi connectivity index (χ0v) is 14.3. The van der Waals surface area contributed by atoms with Gasteiger partial charge in [0.2, 0.25) is 0 Å². The molecule has 0 saturated heterocycles. The van der Waals surface area contributed by atoms with Crippen molar-refractivity contribution in [2.75, 3.05) is 13.2 Å². The summed E-state index contributed by atoms with van der Waals surface area (Å²) in [6, 6.07) is 1.28. The van der Waals surface area contributed by atoms with Crippen LogP contribution in [0.25, 0.3) is 0 Å². The lowest BCUT2D eigenvalue weighted by molar-refractivity contribution is -0.123. The highest BCUT2D eigenvalue weighted by atomic mass is 32.1. The van der Waals surface area contributed by atoms with Crippen molar-refractivity contribution in [3.63, 3.8) is 0 Å². The summed E-state index contributed by atoms with van der Waals surface area (Å²) in [6.07, 6.45) is 4.29. The van der Waals surface area contributed by atoms with Gasteiger partial charge in [-0.2, -0.15) is 0 Å². The first-order chi connectivity index (χ1) is 11.0. The van der Waals surface area contributed by atoms with Crippen molar-refractivity contribution in [2.24, 2.45) is 5.92 Å². The summed E-state index contributed by atoms with van der Waals surface area (Å²) in [7, 11) is 0. The number of imide groups is 1. The lowest BCUT2D eigenvalue weighted by atomic mass is 9.99. The Labute approximate surface area is 139 Å². The number of urea groups is 1. The van der Waals surface area contributed by atoms with Crippen LogP contribution in [0.2, 0.25) is 0 Å². The average Bonchev–Trinajstić information content (AvgIpc) is 2.94. The number of esters is 1. The number of hydrogen-bond acceptors (Lipinski definition) is 5. The molecular weight excluding hydrogens is 316 g/mol. The minimum atomic E-state index is -0.638. The molecule has 1 aliphatic rings. The van der Waals surface area contributed by atoms with E-state index in [0.717, 1.165) is 25.7 Å². The highest BCUT2D eigenvalue weighted by Gasteiger charge is 2.19. The molecule has 126 valence electrons. The SMILES string of the molecule is CC(C)CNC(=O)NC(=O)COC(=O)c1cc2c(s1)CCCC2. The highest BCUT2D eigenvalue weighted by Crippen LogP contribution is 2.29. The maximum absolute atomic E-state index is 12.0. The van der Waals surface area contributed by atoms with Crippen LogP contribution >= 0.6 is 11.3 Å². The topological polar surface area (TPSA) is 84.5 Å². The second-order valence-corrected chi connectivity index (χ2v) is 7.13. The molecule has 0 saturated carbocycles. The quantitative estimate of drug-likeness (QED) is 0.807. The highest BCUT2D eigenvalue weighted by molar-refractivity contribution is 7.14. The molecule has 0 aliphatic heterocycles. The molecule has 0 aromatic carbocycles. The van der Waals surface area contributed by atoms with Crippen LogP contribution < -0.4 is 10.6 Å². The van der Waals surface area contributed by atoms with Crippen LogP contribution in [0.1, 0.15) is 46.8 Å². The average molecular weight is 338 g/mol. The fraction of sp³-hybridized carbons (Fsp3) is 0.562. The van der Waals surface area contributed by atoms with E-state index in [9.17, 15) is 14.4 Å². The van der Waals surface area contributed by atoms with Gasteiger partial charge in [0, 0.05) is 11.4 Å². The van der Waals surface area contributed by atoms with E-state index in [1.54, 1.807) is 0 Å². The number of carbonyl (C=O) groups is 3. The molecule has 0 fully saturated rings. The third kappa shape index (κ3) is 5.35. The Balaban J connectivity index is 1.76. The fourth-order valence-corrected chi connectivity index (χ4v) is 3.44. The van der Waals surface area contributed by atoms with Crippen molar-refractivity contribution < 1.29 is 19.1 Å². The van der Waals surface area contributed by atoms with Gasteiger partial charge < -0.3 is 10.1 Å². The molecular formula is C16H22N2O4S. The van der Waals surface area contributed by atoms with Crippen molar-refractivity contribution >= 4 is 29.2 Å². The number of amides is 3. The van der Waals surface area contributed by atoms with Crippen LogP contribution in [-0.4, -0.2) is 31.1 Å². The monoisotopic (exact) mass is 338 g/mol. The van der Waals surface area contributed by atoms with E-state index in [1.807, 2.05) is 19.9 Å². The Bertz CT molecular complexity index is 571. The van der Waals surface area contributed by atoms with Crippen LogP contribution in [-0.2, 0) is 22.4 Å². The first kappa shape index (κ1) is 17.5. The van der Waals surface area contributed by atoms with Crippen LogP contribution in [0, 0.1) is 5.92 Å². The van der Waals surface area contributed by atoms with Crippen molar-refractivity contribution in [1.82, 2.24) is 10.6 Å². The lowest BCUT2D eigenvalue weighted by Gasteiger charge is -2.08. The van der Waals surface area contributed by atoms with Crippen molar-refractivity contribution in [1.29, 1.82) is 0 Å². The minimum absolute atomic E-state index is 0.290. The number of aryl methyl sites for hydroxylation is 2. The van der Waals surface area contributed by atoms with E-state index in [1.165, 1.54) is 21.8 Å². The molecule has 0 radical (unpaired) electrons.